The number of nitriles is 1. The molecule has 2 fully saturated rings. The van der Waals surface area contributed by atoms with Crippen molar-refractivity contribution in [1.29, 1.82) is 5.26 Å². The van der Waals surface area contributed by atoms with Crippen LogP contribution in [0.3, 0.4) is 0 Å². The number of rotatable bonds is 3. The van der Waals surface area contributed by atoms with Gasteiger partial charge in [0.15, 0.2) is 0 Å². The van der Waals surface area contributed by atoms with E-state index in [1.807, 2.05) is 24.3 Å². The first-order valence-corrected chi connectivity index (χ1v) is 8.08. The molecule has 0 bridgehead atoms. The maximum Gasteiger partial charge on any atom is 0.332 e. The topological polar surface area (TPSA) is 80.8 Å². The molecule has 2 aliphatic heterocycles. The second kappa shape index (κ2) is 6.07. The molecule has 25 heavy (non-hydrogen) atoms. The molecule has 0 aliphatic carbocycles. The highest BCUT2D eigenvalue weighted by molar-refractivity contribution is 6.21. The summed E-state index contributed by atoms with van der Waals surface area (Å²) in [7, 11) is 0. The van der Waals surface area contributed by atoms with Crippen molar-refractivity contribution in [3.05, 3.63) is 54.0 Å². The third kappa shape index (κ3) is 2.66. The van der Waals surface area contributed by atoms with E-state index in [0.29, 0.717) is 37.6 Å². The van der Waals surface area contributed by atoms with Crippen LogP contribution in [0.5, 0.6) is 0 Å². The lowest BCUT2D eigenvalue weighted by Gasteiger charge is -2.34. The van der Waals surface area contributed by atoms with E-state index in [2.05, 4.69) is 4.90 Å². The van der Waals surface area contributed by atoms with E-state index in [0.717, 1.165) is 0 Å². The van der Waals surface area contributed by atoms with Gasteiger partial charge in [0.2, 0.25) is 5.76 Å². The summed E-state index contributed by atoms with van der Waals surface area (Å²) in [4.78, 5) is 30.3. The zero-order chi connectivity index (χ0) is 17.4. The number of anilines is 1. The van der Waals surface area contributed by atoms with Gasteiger partial charge in [0.25, 0.3) is 5.91 Å². The predicted octanol–water partition coefficient (Wildman–Crippen LogP) is 1.80. The minimum absolute atomic E-state index is 0.196. The summed E-state index contributed by atoms with van der Waals surface area (Å²) in [5.41, 5.74) is 0.600. The van der Waals surface area contributed by atoms with Crippen LogP contribution in [0.1, 0.15) is 11.5 Å². The molecule has 0 saturated carbocycles. The second-order valence-corrected chi connectivity index (χ2v) is 6.11. The van der Waals surface area contributed by atoms with E-state index in [-0.39, 0.29) is 17.7 Å². The van der Waals surface area contributed by atoms with Crippen LogP contribution in [0.4, 0.5) is 10.5 Å². The van der Waals surface area contributed by atoms with E-state index >= 15 is 0 Å². The van der Waals surface area contributed by atoms with E-state index in [1.54, 1.807) is 29.2 Å². The van der Waals surface area contributed by atoms with Crippen molar-refractivity contribution in [2.24, 2.45) is 0 Å². The summed E-state index contributed by atoms with van der Waals surface area (Å²) in [5, 5.41) is 8.83. The zero-order valence-electron chi connectivity index (χ0n) is 13.5. The van der Waals surface area contributed by atoms with E-state index in [9.17, 15) is 9.59 Å². The fourth-order valence-corrected chi connectivity index (χ4v) is 3.35. The Balaban J connectivity index is 1.50. The van der Waals surface area contributed by atoms with Crippen molar-refractivity contribution in [3.8, 4) is 6.07 Å². The van der Waals surface area contributed by atoms with Crippen molar-refractivity contribution in [1.82, 2.24) is 9.80 Å². The van der Waals surface area contributed by atoms with Crippen molar-refractivity contribution in [3.63, 3.8) is 0 Å². The molecule has 3 heterocycles. The van der Waals surface area contributed by atoms with E-state index in [1.165, 1.54) is 4.90 Å². The molecule has 2 saturated heterocycles. The number of furan rings is 1. The Morgan fingerprint density at radius 2 is 1.92 bits per heavy atom. The Labute approximate surface area is 144 Å². The number of amides is 3. The number of urea groups is 1. The van der Waals surface area contributed by atoms with Crippen molar-refractivity contribution in [2.75, 3.05) is 24.5 Å². The van der Waals surface area contributed by atoms with Gasteiger partial charge in [-0.3, -0.25) is 9.69 Å². The van der Waals surface area contributed by atoms with Crippen molar-refractivity contribution < 1.29 is 14.0 Å². The van der Waals surface area contributed by atoms with Gasteiger partial charge >= 0.3 is 6.03 Å². The molecule has 1 aromatic carbocycles. The number of carbonyl (C=O) groups is 2. The van der Waals surface area contributed by atoms with Crippen LogP contribution in [-0.2, 0) is 11.3 Å². The van der Waals surface area contributed by atoms with Crippen molar-refractivity contribution in [2.45, 2.75) is 12.6 Å². The smallest absolute Gasteiger partial charge is 0.332 e. The summed E-state index contributed by atoms with van der Waals surface area (Å²) < 4.78 is 5.41. The lowest BCUT2D eigenvalue weighted by Crippen LogP contribution is -2.52. The second-order valence-electron chi connectivity index (χ2n) is 6.11. The molecule has 1 aromatic heterocycles. The van der Waals surface area contributed by atoms with Crippen LogP contribution in [-0.4, -0.2) is 47.4 Å². The fourth-order valence-electron chi connectivity index (χ4n) is 3.35. The summed E-state index contributed by atoms with van der Waals surface area (Å²) >= 11 is 0. The molecular formula is C18H16N4O3. The lowest BCUT2D eigenvalue weighted by molar-refractivity contribution is -0.121. The number of hydrogen-bond acceptors (Lipinski definition) is 5. The number of carbonyl (C=O) groups excluding carboxylic acids is 2. The number of imide groups is 1. The number of piperazine rings is 1. The molecule has 2 aromatic rings. The molecule has 7 heteroatoms. The molecule has 4 rings (SSSR count). The molecule has 0 spiro atoms. The molecule has 0 radical (unpaired) electrons. The van der Waals surface area contributed by atoms with Crippen LogP contribution < -0.4 is 4.90 Å². The number of fused-ring (bicyclic) bond motifs is 1. The maximum atomic E-state index is 12.8. The summed E-state index contributed by atoms with van der Waals surface area (Å²) in [6.07, 6.45) is 0. The molecule has 0 N–H and O–H groups in total. The highest BCUT2D eigenvalue weighted by Crippen LogP contribution is 2.28. The van der Waals surface area contributed by atoms with Gasteiger partial charge in [0, 0.05) is 19.6 Å². The lowest BCUT2D eigenvalue weighted by atomic mass is 10.1. The third-order valence-electron chi connectivity index (χ3n) is 4.57. The van der Waals surface area contributed by atoms with Crippen LogP contribution in [0.25, 0.3) is 0 Å². The van der Waals surface area contributed by atoms with Gasteiger partial charge in [-0.2, -0.15) is 5.26 Å². The summed E-state index contributed by atoms with van der Waals surface area (Å²) in [6, 6.07) is 13.6. The van der Waals surface area contributed by atoms with Crippen LogP contribution in [0, 0.1) is 11.3 Å². The minimum Gasteiger partial charge on any atom is -0.449 e. The van der Waals surface area contributed by atoms with Crippen molar-refractivity contribution >= 4 is 17.6 Å². The van der Waals surface area contributed by atoms with Gasteiger partial charge < -0.3 is 9.32 Å². The highest BCUT2D eigenvalue weighted by Gasteiger charge is 2.48. The van der Waals surface area contributed by atoms with E-state index in [4.69, 9.17) is 9.68 Å². The summed E-state index contributed by atoms with van der Waals surface area (Å²) in [6.45, 7) is 2.11. The van der Waals surface area contributed by atoms with Gasteiger partial charge in [-0.15, -0.1) is 0 Å². The molecule has 3 amide bonds. The van der Waals surface area contributed by atoms with E-state index < -0.39 is 6.04 Å². The SMILES string of the molecule is N#Cc1ccc(CN2CCN3C(=O)N(c4ccccc4)C(=O)C3C2)o1. The summed E-state index contributed by atoms with van der Waals surface area (Å²) in [5.74, 6) is 0.760. The van der Waals surface area contributed by atoms with Crippen LogP contribution in [0.2, 0.25) is 0 Å². The van der Waals surface area contributed by atoms with Crippen LogP contribution in [0.15, 0.2) is 46.9 Å². The molecule has 7 nitrogen and oxygen atoms in total. The Morgan fingerprint density at radius 3 is 2.64 bits per heavy atom. The number of para-hydroxylation sites is 1. The third-order valence-corrected chi connectivity index (χ3v) is 4.57. The first-order chi connectivity index (χ1) is 12.2. The Bertz CT molecular complexity index is 855. The number of benzene rings is 1. The monoisotopic (exact) mass is 336 g/mol. The largest absolute Gasteiger partial charge is 0.449 e. The molecular weight excluding hydrogens is 320 g/mol. The van der Waals surface area contributed by atoms with Crippen LogP contribution >= 0.6 is 0 Å². The van der Waals surface area contributed by atoms with Gasteiger partial charge in [-0.05, 0) is 24.3 Å². The zero-order valence-corrected chi connectivity index (χ0v) is 13.5. The average molecular weight is 336 g/mol. The Morgan fingerprint density at radius 1 is 1.12 bits per heavy atom. The molecule has 1 unspecified atom stereocenters. The van der Waals surface area contributed by atoms with Gasteiger partial charge in [-0.1, -0.05) is 18.2 Å². The number of nitrogens with zero attached hydrogens (tertiary/aromatic N) is 4. The average Bonchev–Trinajstić information content (AvgIpc) is 3.19. The van der Waals surface area contributed by atoms with Gasteiger partial charge in [0.1, 0.15) is 17.9 Å². The fraction of sp³-hybridized carbons (Fsp3) is 0.278. The number of hydrogen-bond donors (Lipinski definition) is 0. The molecule has 1 atom stereocenters. The molecule has 126 valence electrons. The first kappa shape index (κ1) is 15.4. The highest BCUT2D eigenvalue weighted by atomic mass is 16.3. The maximum absolute atomic E-state index is 12.8. The van der Waals surface area contributed by atoms with Gasteiger partial charge in [-0.25, -0.2) is 9.69 Å². The molecule has 2 aliphatic rings. The minimum atomic E-state index is -0.480. The standard InChI is InChI=1S/C18H16N4O3/c19-10-14-6-7-15(25-14)11-20-8-9-21-16(12-20)17(23)22(18(21)24)13-4-2-1-3-5-13/h1-7,16H,8-9,11-12H2. The Kier molecular flexibility index (Phi) is 3.75. The Hall–Kier alpha value is -3.11. The normalized spacial score (nSPS) is 20.7. The quantitative estimate of drug-likeness (QED) is 0.799. The first-order valence-electron chi connectivity index (χ1n) is 8.08. The predicted molar refractivity (Wildman–Crippen MR) is 88.5 cm³/mol. The van der Waals surface area contributed by atoms with Gasteiger partial charge in [0.05, 0.1) is 12.2 Å².